The van der Waals surface area contributed by atoms with E-state index in [2.05, 4.69) is 0 Å². The summed E-state index contributed by atoms with van der Waals surface area (Å²) in [4.78, 5) is 27.4. The SMILES string of the molecule is O=C(c1ccco1)N1C[C@H]2CCC[C@H](C1)C2n1nc(-c2ccccc2)ccc1=O. The van der Waals surface area contributed by atoms with Crippen LogP contribution in [0.3, 0.4) is 0 Å². The van der Waals surface area contributed by atoms with Gasteiger partial charge in [-0.3, -0.25) is 9.59 Å². The minimum atomic E-state index is -0.0719. The molecule has 0 radical (unpaired) electrons. The molecule has 148 valence electrons. The molecular formula is C23H23N3O3. The molecule has 3 heterocycles. The van der Waals surface area contributed by atoms with Crippen LogP contribution in [0.4, 0.5) is 0 Å². The number of hydrogen-bond acceptors (Lipinski definition) is 4. The maximum absolute atomic E-state index is 12.8. The summed E-state index contributed by atoms with van der Waals surface area (Å²) in [5.41, 5.74) is 1.73. The van der Waals surface area contributed by atoms with Crippen LogP contribution in [0.1, 0.15) is 35.9 Å². The lowest BCUT2D eigenvalue weighted by Gasteiger charge is -2.47. The largest absolute Gasteiger partial charge is 0.459 e. The van der Waals surface area contributed by atoms with Crippen molar-refractivity contribution in [1.29, 1.82) is 0 Å². The molecule has 0 unspecified atom stereocenters. The molecule has 2 fully saturated rings. The predicted molar refractivity (Wildman–Crippen MR) is 108 cm³/mol. The Balaban J connectivity index is 1.46. The third kappa shape index (κ3) is 3.28. The molecule has 1 saturated heterocycles. The van der Waals surface area contributed by atoms with Crippen molar-refractivity contribution < 1.29 is 9.21 Å². The summed E-state index contributed by atoms with van der Waals surface area (Å²) in [6.45, 7) is 1.26. The highest BCUT2D eigenvalue weighted by molar-refractivity contribution is 5.91. The molecule has 2 atom stereocenters. The number of carbonyl (C=O) groups is 1. The molecule has 3 aromatic rings. The number of aromatic nitrogens is 2. The van der Waals surface area contributed by atoms with Crippen molar-refractivity contribution >= 4 is 5.91 Å². The lowest BCUT2D eigenvalue weighted by Crippen LogP contribution is -2.53. The number of likely N-dealkylation sites (tertiary alicyclic amines) is 1. The summed E-state index contributed by atoms with van der Waals surface area (Å²) in [6.07, 6.45) is 4.64. The van der Waals surface area contributed by atoms with Crippen LogP contribution in [-0.2, 0) is 0 Å². The number of benzene rings is 1. The standard InChI is InChI=1S/C23H23N3O3/c27-21-12-11-19(16-6-2-1-3-7-16)24-26(21)22-17-8-4-9-18(22)15-25(14-17)23(28)20-10-5-13-29-20/h1-3,5-7,10-13,17-18,22H,4,8-9,14-15H2/t17-,18-/m1/s1. The van der Waals surface area contributed by atoms with Gasteiger partial charge in [-0.15, -0.1) is 0 Å². The minimum absolute atomic E-state index is 0.0283. The average molecular weight is 389 g/mol. The summed E-state index contributed by atoms with van der Waals surface area (Å²) in [5, 5.41) is 4.75. The second-order valence-electron chi connectivity index (χ2n) is 8.00. The fourth-order valence-corrected chi connectivity index (χ4v) is 4.93. The van der Waals surface area contributed by atoms with E-state index >= 15 is 0 Å². The van der Waals surface area contributed by atoms with Gasteiger partial charge in [0.1, 0.15) is 0 Å². The van der Waals surface area contributed by atoms with Gasteiger partial charge >= 0.3 is 0 Å². The van der Waals surface area contributed by atoms with Crippen LogP contribution < -0.4 is 5.56 Å². The van der Waals surface area contributed by atoms with Crippen molar-refractivity contribution in [3.05, 3.63) is 77.0 Å². The van der Waals surface area contributed by atoms with Gasteiger partial charge in [0.2, 0.25) is 0 Å². The number of piperidine rings is 1. The van der Waals surface area contributed by atoms with Crippen LogP contribution in [-0.4, -0.2) is 33.7 Å². The second kappa shape index (κ2) is 7.35. The highest BCUT2D eigenvalue weighted by Gasteiger charge is 2.43. The number of furan rings is 1. The Kier molecular flexibility index (Phi) is 4.54. The zero-order valence-electron chi connectivity index (χ0n) is 16.1. The Morgan fingerprint density at radius 3 is 2.41 bits per heavy atom. The fourth-order valence-electron chi connectivity index (χ4n) is 4.93. The quantitative estimate of drug-likeness (QED) is 0.686. The van der Waals surface area contributed by atoms with Gasteiger partial charge in [-0.25, -0.2) is 4.68 Å². The topological polar surface area (TPSA) is 68.3 Å². The Morgan fingerprint density at radius 2 is 1.72 bits per heavy atom. The predicted octanol–water partition coefficient (Wildman–Crippen LogP) is 3.62. The maximum atomic E-state index is 12.8. The van der Waals surface area contributed by atoms with E-state index in [4.69, 9.17) is 9.52 Å². The van der Waals surface area contributed by atoms with Gasteiger partial charge in [-0.05, 0) is 42.9 Å². The van der Waals surface area contributed by atoms with Crippen molar-refractivity contribution in [2.75, 3.05) is 13.1 Å². The molecule has 6 heteroatoms. The van der Waals surface area contributed by atoms with Crippen molar-refractivity contribution in [3.63, 3.8) is 0 Å². The van der Waals surface area contributed by atoms with Crippen LogP contribution >= 0.6 is 0 Å². The third-order valence-electron chi connectivity index (χ3n) is 6.22. The van der Waals surface area contributed by atoms with E-state index in [1.54, 1.807) is 28.9 Å². The van der Waals surface area contributed by atoms with Crippen LogP contribution in [0, 0.1) is 11.8 Å². The Morgan fingerprint density at radius 1 is 0.966 bits per heavy atom. The summed E-state index contributed by atoms with van der Waals surface area (Å²) < 4.78 is 6.99. The van der Waals surface area contributed by atoms with Crippen molar-refractivity contribution in [1.82, 2.24) is 14.7 Å². The molecule has 1 aromatic carbocycles. The van der Waals surface area contributed by atoms with Crippen molar-refractivity contribution in [2.45, 2.75) is 25.3 Å². The normalized spacial score (nSPS) is 23.7. The molecule has 2 aliphatic rings. The van der Waals surface area contributed by atoms with Gasteiger partial charge in [-0.2, -0.15) is 5.10 Å². The smallest absolute Gasteiger partial charge is 0.289 e. The lowest BCUT2D eigenvalue weighted by atomic mass is 9.73. The summed E-state index contributed by atoms with van der Waals surface area (Å²) in [7, 11) is 0. The monoisotopic (exact) mass is 389 g/mol. The van der Waals surface area contributed by atoms with E-state index in [0.717, 1.165) is 30.5 Å². The lowest BCUT2D eigenvalue weighted by molar-refractivity contribution is 0.0177. The van der Waals surface area contributed by atoms with E-state index in [1.165, 1.54) is 6.26 Å². The van der Waals surface area contributed by atoms with Gasteiger partial charge in [-0.1, -0.05) is 36.8 Å². The molecule has 1 aliphatic heterocycles. The molecule has 0 N–H and O–H groups in total. The zero-order valence-corrected chi connectivity index (χ0v) is 16.1. The third-order valence-corrected chi connectivity index (χ3v) is 6.22. The second-order valence-corrected chi connectivity index (χ2v) is 8.00. The van der Waals surface area contributed by atoms with E-state index in [1.807, 2.05) is 35.2 Å². The maximum Gasteiger partial charge on any atom is 0.289 e. The van der Waals surface area contributed by atoms with E-state index < -0.39 is 0 Å². The molecule has 6 nitrogen and oxygen atoms in total. The average Bonchev–Trinajstić information content (AvgIpc) is 3.28. The minimum Gasteiger partial charge on any atom is -0.459 e. The summed E-state index contributed by atoms with van der Waals surface area (Å²) in [6, 6.07) is 16.8. The van der Waals surface area contributed by atoms with Crippen LogP contribution in [0.15, 0.2) is 70.1 Å². The molecule has 0 spiro atoms. The summed E-state index contributed by atoms with van der Waals surface area (Å²) >= 11 is 0. The molecule has 1 aliphatic carbocycles. The van der Waals surface area contributed by atoms with Gasteiger partial charge in [0.25, 0.3) is 11.5 Å². The van der Waals surface area contributed by atoms with E-state index in [9.17, 15) is 9.59 Å². The Hall–Kier alpha value is -3.15. The fraction of sp³-hybridized carbons (Fsp3) is 0.348. The molecule has 1 amide bonds. The number of amides is 1. The van der Waals surface area contributed by atoms with Gasteiger partial charge in [0.05, 0.1) is 18.0 Å². The molecular weight excluding hydrogens is 366 g/mol. The van der Waals surface area contributed by atoms with Crippen LogP contribution in [0.2, 0.25) is 0 Å². The van der Waals surface area contributed by atoms with Gasteiger partial charge < -0.3 is 9.32 Å². The number of fused-ring (bicyclic) bond motifs is 2. The first-order valence-corrected chi connectivity index (χ1v) is 10.2. The van der Waals surface area contributed by atoms with Crippen LogP contribution in [0.25, 0.3) is 11.3 Å². The molecule has 29 heavy (non-hydrogen) atoms. The van der Waals surface area contributed by atoms with Crippen molar-refractivity contribution in [3.8, 4) is 11.3 Å². The number of nitrogens with zero attached hydrogens (tertiary/aromatic N) is 3. The molecule has 2 bridgehead atoms. The first-order chi connectivity index (χ1) is 14.2. The van der Waals surface area contributed by atoms with Gasteiger partial charge in [0, 0.05) is 24.7 Å². The van der Waals surface area contributed by atoms with Crippen molar-refractivity contribution in [2.24, 2.45) is 11.8 Å². The number of hydrogen-bond donors (Lipinski definition) is 0. The first-order valence-electron chi connectivity index (χ1n) is 10.2. The zero-order chi connectivity index (χ0) is 19.8. The highest BCUT2D eigenvalue weighted by atomic mass is 16.3. The summed E-state index contributed by atoms with van der Waals surface area (Å²) in [5.74, 6) is 0.752. The number of rotatable bonds is 3. The van der Waals surface area contributed by atoms with Gasteiger partial charge in [0.15, 0.2) is 5.76 Å². The first kappa shape index (κ1) is 17.9. The number of carbonyl (C=O) groups excluding carboxylic acids is 1. The molecule has 5 rings (SSSR count). The highest BCUT2D eigenvalue weighted by Crippen LogP contribution is 2.42. The van der Waals surface area contributed by atoms with E-state index in [-0.39, 0.29) is 29.3 Å². The van der Waals surface area contributed by atoms with E-state index in [0.29, 0.717) is 18.8 Å². The molecule has 2 aromatic heterocycles. The Labute approximate surface area is 168 Å². The Bertz CT molecular complexity index is 1040. The van der Waals surface area contributed by atoms with Crippen LogP contribution in [0.5, 0.6) is 0 Å². The molecule has 1 saturated carbocycles.